The second-order valence-electron chi connectivity index (χ2n) is 11.3. The van der Waals surface area contributed by atoms with E-state index in [4.69, 9.17) is 0 Å². The number of nitrogens with one attached hydrogen (secondary N) is 2. The van der Waals surface area contributed by atoms with Gasteiger partial charge in [-0.3, -0.25) is 14.6 Å². The van der Waals surface area contributed by atoms with E-state index < -0.39 is 12.1 Å². The summed E-state index contributed by atoms with van der Waals surface area (Å²) < 4.78 is 0. The van der Waals surface area contributed by atoms with Gasteiger partial charge in [0.2, 0.25) is 0 Å². The molecule has 2 heterocycles. The van der Waals surface area contributed by atoms with Crippen molar-refractivity contribution >= 4 is 23.2 Å². The van der Waals surface area contributed by atoms with Gasteiger partial charge in [0.1, 0.15) is 5.01 Å². The molecular formula is C34H41N5O3S. The van der Waals surface area contributed by atoms with Crippen LogP contribution in [-0.2, 0) is 19.5 Å². The van der Waals surface area contributed by atoms with Crippen molar-refractivity contribution in [2.45, 2.75) is 65.3 Å². The highest BCUT2D eigenvalue weighted by Gasteiger charge is 2.24. The average molecular weight is 600 g/mol. The molecule has 0 aliphatic carbocycles. The van der Waals surface area contributed by atoms with Crippen LogP contribution >= 0.6 is 11.3 Å². The number of carbonyl (C=O) groups excluding carboxylic acids is 2. The third kappa shape index (κ3) is 9.28. The number of benzene rings is 2. The molecule has 2 aromatic carbocycles. The minimum Gasteiger partial charge on any atom is -0.390 e. The monoisotopic (exact) mass is 599 g/mol. The number of pyridine rings is 1. The highest BCUT2D eigenvalue weighted by atomic mass is 32.1. The molecule has 0 aliphatic rings. The molecule has 8 nitrogen and oxygen atoms in total. The van der Waals surface area contributed by atoms with E-state index in [1.54, 1.807) is 36.3 Å². The molecule has 9 heteroatoms. The number of rotatable bonds is 13. The fraction of sp³-hybridized carbons (Fsp3) is 0.353. The van der Waals surface area contributed by atoms with Crippen molar-refractivity contribution in [3.63, 3.8) is 0 Å². The minimum absolute atomic E-state index is 0.188. The molecule has 4 aromatic rings. The number of hydrogen-bond acceptors (Lipinski definition) is 7. The van der Waals surface area contributed by atoms with Gasteiger partial charge in [-0.25, -0.2) is 4.98 Å². The van der Waals surface area contributed by atoms with E-state index in [1.807, 2.05) is 55.6 Å². The summed E-state index contributed by atoms with van der Waals surface area (Å²) in [6.45, 7) is 9.25. The smallest absolute Gasteiger partial charge is 0.254 e. The number of nitrogens with zero attached hydrogens (tertiary/aromatic N) is 3. The maximum Gasteiger partial charge on any atom is 0.254 e. The first kappa shape index (κ1) is 32.0. The third-order valence-corrected chi connectivity index (χ3v) is 8.12. The molecular weight excluding hydrogens is 558 g/mol. The van der Waals surface area contributed by atoms with E-state index in [1.165, 1.54) is 11.3 Å². The van der Waals surface area contributed by atoms with Crippen molar-refractivity contribution in [2.75, 3.05) is 13.6 Å². The Labute approximate surface area is 258 Å². The number of thiazole rings is 1. The van der Waals surface area contributed by atoms with Crippen molar-refractivity contribution < 1.29 is 14.7 Å². The Morgan fingerprint density at radius 1 is 1.00 bits per heavy atom. The average Bonchev–Trinajstić information content (AvgIpc) is 3.40. The SMILES string of the molecule is Cc1cc(C(=O)N[C@@H](Cc2ccccc2)[C@H](O)CNCc2ccnc(C(C)C)c2)cc(C(=O)N(C)Cc2nc(C)cs2)c1. The number of amides is 2. The van der Waals surface area contributed by atoms with Crippen molar-refractivity contribution in [3.8, 4) is 0 Å². The normalized spacial score (nSPS) is 12.6. The van der Waals surface area contributed by atoms with E-state index in [0.717, 1.165) is 33.1 Å². The maximum atomic E-state index is 13.6. The summed E-state index contributed by atoms with van der Waals surface area (Å²) in [7, 11) is 1.73. The predicted molar refractivity (Wildman–Crippen MR) is 171 cm³/mol. The van der Waals surface area contributed by atoms with E-state index >= 15 is 0 Å². The zero-order chi connectivity index (χ0) is 30.9. The summed E-state index contributed by atoms with van der Waals surface area (Å²) >= 11 is 1.52. The van der Waals surface area contributed by atoms with Crippen LogP contribution in [0.25, 0.3) is 0 Å². The van der Waals surface area contributed by atoms with Gasteiger partial charge in [-0.15, -0.1) is 11.3 Å². The minimum atomic E-state index is -0.852. The number of aromatic nitrogens is 2. The molecule has 0 bridgehead atoms. The summed E-state index contributed by atoms with van der Waals surface area (Å²) in [4.78, 5) is 37.3. The molecule has 2 amide bonds. The van der Waals surface area contributed by atoms with Crippen LogP contribution in [0.5, 0.6) is 0 Å². The molecule has 0 saturated carbocycles. The van der Waals surface area contributed by atoms with E-state index in [-0.39, 0.29) is 18.4 Å². The Balaban J connectivity index is 1.46. The van der Waals surface area contributed by atoms with Crippen LogP contribution in [0.2, 0.25) is 0 Å². The molecule has 3 N–H and O–H groups in total. The van der Waals surface area contributed by atoms with Gasteiger partial charge in [0.25, 0.3) is 11.8 Å². The number of aliphatic hydroxyl groups excluding tert-OH is 1. The Morgan fingerprint density at radius 2 is 1.74 bits per heavy atom. The van der Waals surface area contributed by atoms with Crippen LogP contribution in [0.15, 0.2) is 72.2 Å². The van der Waals surface area contributed by atoms with Crippen LogP contribution in [-0.4, -0.2) is 57.5 Å². The van der Waals surface area contributed by atoms with Crippen LogP contribution < -0.4 is 10.6 Å². The molecule has 0 aliphatic heterocycles. The van der Waals surface area contributed by atoms with Gasteiger partial charge in [0.05, 0.1) is 18.7 Å². The van der Waals surface area contributed by atoms with E-state index in [9.17, 15) is 14.7 Å². The molecule has 0 spiro atoms. The molecule has 2 atom stereocenters. The second kappa shape index (κ2) is 15.0. The van der Waals surface area contributed by atoms with Crippen LogP contribution in [0, 0.1) is 13.8 Å². The quantitative estimate of drug-likeness (QED) is 0.199. The van der Waals surface area contributed by atoms with Gasteiger partial charge in [-0.2, -0.15) is 0 Å². The first-order chi connectivity index (χ1) is 20.6. The van der Waals surface area contributed by atoms with Crippen molar-refractivity contribution in [1.82, 2.24) is 25.5 Å². The van der Waals surface area contributed by atoms with Gasteiger partial charge in [0.15, 0.2) is 0 Å². The highest BCUT2D eigenvalue weighted by molar-refractivity contribution is 7.09. The highest BCUT2D eigenvalue weighted by Crippen LogP contribution is 2.17. The van der Waals surface area contributed by atoms with Gasteiger partial charge in [0, 0.05) is 54.2 Å². The van der Waals surface area contributed by atoms with Crippen LogP contribution in [0.4, 0.5) is 0 Å². The van der Waals surface area contributed by atoms with E-state index in [0.29, 0.717) is 36.6 Å². The molecule has 0 radical (unpaired) electrons. The zero-order valence-corrected chi connectivity index (χ0v) is 26.3. The predicted octanol–water partition coefficient (Wildman–Crippen LogP) is 5.04. The van der Waals surface area contributed by atoms with Crippen LogP contribution in [0.1, 0.15) is 73.6 Å². The molecule has 2 aromatic heterocycles. The van der Waals surface area contributed by atoms with Gasteiger partial charge in [-0.1, -0.05) is 44.2 Å². The Morgan fingerprint density at radius 3 is 2.44 bits per heavy atom. The number of aliphatic hydroxyl groups is 1. The van der Waals surface area contributed by atoms with Gasteiger partial charge < -0.3 is 20.6 Å². The maximum absolute atomic E-state index is 13.6. The summed E-state index contributed by atoms with van der Waals surface area (Å²) in [6, 6.07) is 18.4. The Hall–Kier alpha value is -3.92. The van der Waals surface area contributed by atoms with Crippen molar-refractivity contribution in [2.24, 2.45) is 0 Å². The zero-order valence-electron chi connectivity index (χ0n) is 25.5. The lowest BCUT2D eigenvalue weighted by Gasteiger charge is -2.25. The number of hydrogen-bond donors (Lipinski definition) is 3. The molecule has 0 unspecified atom stereocenters. The van der Waals surface area contributed by atoms with E-state index in [2.05, 4.69) is 40.5 Å². The standard InChI is InChI=1S/C34H41N5O3S/c1-22(2)29-16-26(11-12-36-29)18-35-19-31(40)30(15-25-9-7-6-8-10-25)38-33(41)27-13-23(3)14-28(17-27)34(42)39(5)20-32-37-24(4)21-43-32/h6-14,16-17,21-22,30-31,35,40H,15,18-20H2,1-5H3,(H,38,41)/t30-,31+/m0/s1. The van der Waals surface area contributed by atoms with Gasteiger partial charge in [-0.05, 0) is 73.2 Å². The summed E-state index contributed by atoms with van der Waals surface area (Å²) in [5.41, 5.74) is 5.64. The topological polar surface area (TPSA) is 107 Å². The molecule has 226 valence electrons. The lowest BCUT2D eigenvalue weighted by Crippen LogP contribution is -2.48. The fourth-order valence-corrected chi connectivity index (χ4v) is 5.66. The lowest BCUT2D eigenvalue weighted by atomic mass is 9.99. The number of aryl methyl sites for hydroxylation is 2. The summed E-state index contributed by atoms with van der Waals surface area (Å²) in [6.07, 6.45) is 1.41. The van der Waals surface area contributed by atoms with Crippen LogP contribution in [0.3, 0.4) is 0 Å². The molecule has 4 rings (SSSR count). The first-order valence-corrected chi connectivity index (χ1v) is 15.4. The largest absolute Gasteiger partial charge is 0.390 e. The third-order valence-electron chi connectivity index (χ3n) is 7.17. The molecule has 0 saturated heterocycles. The second-order valence-corrected chi connectivity index (χ2v) is 12.3. The summed E-state index contributed by atoms with van der Waals surface area (Å²) in [5.74, 6) is -0.199. The molecule has 0 fully saturated rings. The Kier molecular flexibility index (Phi) is 11.2. The summed E-state index contributed by atoms with van der Waals surface area (Å²) in [5, 5.41) is 20.4. The Bertz CT molecular complexity index is 1520. The van der Waals surface area contributed by atoms with Crippen molar-refractivity contribution in [3.05, 3.63) is 116 Å². The van der Waals surface area contributed by atoms with Crippen molar-refractivity contribution in [1.29, 1.82) is 0 Å². The fourth-order valence-electron chi connectivity index (χ4n) is 4.84. The number of carbonyl (C=O) groups is 2. The lowest BCUT2D eigenvalue weighted by molar-refractivity contribution is 0.0784. The molecule has 43 heavy (non-hydrogen) atoms. The van der Waals surface area contributed by atoms with Gasteiger partial charge >= 0.3 is 0 Å². The first-order valence-electron chi connectivity index (χ1n) is 14.6.